The summed E-state index contributed by atoms with van der Waals surface area (Å²) in [6.45, 7) is 0.824. The Bertz CT molecular complexity index is 742. The lowest BCUT2D eigenvalue weighted by Crippen LogP contribution is -2.16. The lowest BCUT2D eigenvalue weighted by molar-refractivity contribution is 0.116. The molecule has 4 heteroatoms. The highest BCUT2D eigenvalue weighted by molar-refractivity contribution is 5.76. The highest BCUT2D eigenvalue weighted by atomic mass is 16.5. The van der Waals surface area contributed by atoms with E-state index in [1.807, 2.05) is 36.4 Å². The van der Waals surface area contributed by atoms with E-state index in [2.05, 4.69) is 29.6 Å². The van der Waals surface area contributed by atoms with Gasteiger partial charge in [0, 0.05) is 24.8 Å². The second kappa shape index (κ2) is 6.59. The van der Waals surface area contributed by atoms with Gasteiger partial charge in [0.15, 0.2) is 5.76 Å². The van der Waals surface area contributed by atoms with E-state index in [0.717, 1.165) is 41.4 Å². The van der Waals surface area contributed by atoms with Crippen LogP contribution in [-0.2, 0) is 4.74 Å². The van der Waals surface area contributed by atoms with Crippen molar-refractivity contribution in [1.29, 1.82) is 0 Å². The zero-order valence-electron chi connectivity index (χ0n) is 13.6. The zero-order chi connectivity index (χ0) is 16.4. The van der Waals surface area contributed by atoms with Gasteiger partial charge in [0.2, 0.25) is 5.89 Å². The minimum Gasteiger partial charge on any atom is -0.438 e. The molecule has 0 bridgehead atoms. The van der Waals surface area contributed by atoms with Crippen molar-refractivity contribution in [2.45, 2.75) is 18.6 Å². The van der Waals surface area contributed by atoms with Crippen molar-refractivity contribution in [1.82, 2.24) is 10.3 Å². The Balaban J connectivity index is 1.77. The highest BCUT2D eigenvalue weighted by Crippen LogP contribution is 2.36. The standard InChI is InChI=1S/C20H20N2O2/c1-23-16-12-17(21-13-16)20-22-18(14-8-4-2-5-9-14)19(24-20)15-10-6-3-7-11-15/h2-11,16-17,21H,12-13H2,1H3/t16-,17-/m1/s1. The number of oxazole rings is 1. The Morgan fingerprint density at radius 1 is 1.00 bits per heavy atom. The average molecular weight is 320 g/mol. The van der Waals surface area contributed by atoms with Gasteiger partial charge in [0.25, 0.3) is 0 Å². The van der Waals surface area contributed by atoms with Crippen molar-refractivity contribution >= 4 is 0 Å². The first kappa shape index (κ1) is 15.1. The van der Waals surface area contributed by atoms with E-state index < -0.39 is 0 Å². The minimum atomic E-state index is 0.0925. The van der Waals surface area contributed by atoms with Gasteiger partial charge >= 0.3 is 0 Å². The molecule has 2 heterocycles. The van der Waals surface area contributed by atoms with Crippen LogP contribution in [0.3, 0.4) is 0 Å². The number of methoxy groups -OCH3 is 1. The first-order valence-corrected chi connectivity index (χ1v) is 8.23. The van der Waals surface area contributed by atoms with Gasteiger partial charge in [-0.2, -0.15) is 0 Å². The topological polar surface area (TPSA) is 47.3 Å². The maximum Gasteiger partial charge on any atom is 0.212 e. The minimum absolute atomic E-state index is 0.0925. The van der Waals surface area contributed by atoms with Crippen LogP contribution in [0.1, 0.15) is 18.4 Å². The monoisotopic (exact) mass is 320 g/mol. The number of hydrogen-bond donors (Lipinski definition) is 1. The van der Waals surface area contributed by atoms with Crippen LogP contribution in [0.4, 0.5) is 0 Å². The van der Waals surface area contributed by atoms with Gasteiger partial charge in [0.1, 0.15) is 5.69 Å². The third-order valence-electron chi connectivity index (χ3n) is 4.45. The summed E-state index contributed by atoms with van der Waals surface area (Å²) < 4.78 is 11.6. The molecule has 122 valence electrons. The molecule has 0 unspecified atom stereocenters. The zero-order valence-corrected chi connectivity index (χ0v) is 13.6. The van der Waals surface area contributed by atoms with Crippen molar-refractivity contribution in [3.8, 4) is 22.6 Å². The molecule has 0 saturated carbocycles. The van der Waals surface area contributed by atoms with E-state index >= 15 is 0 Å². The molecule has 2 aromatic carbocycles. The summed E-state index contributed by atoms with van der Waals surface area (Å²) in [5.41, 5.74) is 2.99. The highest BCUT2D eigenvalue weighted by Gasteiger charge is 2.30. The van der Waals surface area contributed by atoms with Crippen LogP contribution in [0.5, 0.6) is 0 Å². The van der Waals surface area contributed by atoms with E-state index in [4.69, 9.17) is 14.1 Å². The lowest BCUT2D eigenvalue weighted by atomic mass is 10.1. The van der Waals surface area contributed by atoms with Crippen LogP contribution in [0.2, 0.25) is 0 Å². The van der Waals surface area contributed by atoms with Crippen LogP contribution in [0, 0.1) is 0 Å². The molecule has 1 aliphatic rings. The summed E-state index contributed by atoms with van der Waals surface area (Å²) in [5, 5.41) is 3.44. The summed E-state index contributed by atoms with van der Waals surface area (Å²) >= 11 is 0. The molecule has 1 saturated heterocycles. The molecule has 0 radical (unpaired) electrons. The van der Waals surface area contributed by atoms with Crippen LogP contribution in [0.15, 0.2) is 65.1 Å². The van der Waals surface area contributed by atoms with E-state index in [0.29, 0.717) is 0 Å². The molecule has 1 N–H and O–H groups in total. The molecule has 0 aliphatic carbocycles. The van der Waals surface area contributed by atoms with Crippen LogP contribution >= 0.6 is 0 Å². The molecular formula is C20H20N2O2. The van der Waals surface area contributed by atoms with Gasteiger partial charge in [-0.05, 0) is 6.42 Å². The summed E-state index contributed by atoms with van der Waals surface area (Å²) in [7, 11) is 1.75. The third kappa shape index (κ3) is 2.86. The maximum absolute atomic E-state index is 6.20. The number of nitrogens with zero attached hydrogens (tertiary/aromatic N) is 1. The van der Waals surface area contributed by atoms with E-state index in [-0.39, 0.29) is 12.1 Å². The second-order valence-corrected chi connectivity index (χ2v) is 6.02. The number of rotatable bonds is 4. The molecule has 1 fully saturated rings. The fourth-order valence-corrected chi connectivity index (χ4v) is 3.13. The Morgan fingerprint density at radius 3 is 2.29 bits per heavy atom. The quantitative estimate of drug-likeness (QED) is 0.787. The largest absolute Gasteiger partial charge is 0.438 e. The summed E-state index contributed by atoms with van der Waals surface area (Å²) in [5.74, 6) is 1.55. The summed E-state index contributed by atoms with van der Waals surface area (Å²) in [4.78, 5) is 4.82. The van der Waals surface area contributed by atoms with Crippen molar-refractivity contribution < 1.29 is 9.15 Å². The van der Waals surface area contributed by atoms with Gasteiger partial charge in [-0.1, -0.05) is 60.7 Å². The number of nitrogens with one attached hydrogen (secondary N) is 1. The Labute approximate surface area is 141 Å². The fraction of sp³-hybridized carbons (Fsp3) is 0.250. The smallest absolute Gasteiger partial charge is 0.212 e. The van der Waals surface area contributed by atoms with Crippen molar-refractivity contribution in [2.24, 2.45) is 0 Å². The molecule has 4 nitrogen and oxygen atoms in total. The van der Waals surface area contributed by atoms with E-state index in [9.17, 15) is 0 Å². The Kier molecular flexibility index (Phi) is 4.15. The molecule has 2 atom stereocenters. The number of hydrogen-bond acceptors (Lipinski definition) is 4. The molecule has 0 spiro atoms. The second-order valence-electron chi connectivity index (χ2n) is 6.02. The van der Waals surface area contributed by atoms with Crippen LogP contribution < -0.4 is 5.32 Å². The van der Waals surface area contributed by atoms with Crippen molar-refractivity contribution in [3.05, 3.63) is 66.6 Å². The van der Waals surface area contributed by atoms with Gasteiger partial charge in [-0.25, -0.2) is 4.98 Å². The molecule has 4 rings (SSSR count). The summed E-state index contributed by atoms with van der Waals surface area (Å²) in [6.07, 6.45) is 1.08. The summed E-state index contributed by atoms with van der Waals surface area (Å²) in [6, 6.07) is 20.4. The molecular weight excluding hydrogens is 300 g/mol. The van der Waals surface area contributed by atoms with E-state index in [1.165, 1.54) is 0 Å². The van der Waals surface area contributed by atoms with Crippen molar-refractivity contribution in [2.75, 3.05) is 13.7 Å². The fourth-order valence-electron chi connectivity index (χ4n) is 3.13. The maximum atomic E-state index is 6.20. The average Bonchev–Trinajstić information content (AvgIpc) is 3.30. The lowest BCUT2D eigenvalue weighted by Gasteiger charge is -2.05. The Morgan fingerprint density at radius 2 is 1.67 bits per heavy atom. The molecule has 1 aliphatic heterocycles. The first-order valence-electron chi connectivity index (χ1n) is 8.23. The normalized spacial score (nSPS) is 20.4. The Hall–Kier alpha value is -2.43. The predicted octanol–water partition coefficient (Wildman–Crippen LogP) is 4.06. The van der Waals surface area contributed by atoms with E-state index in [1.54, 1.807) is 7.11 Å². The number of aromatic nitrogens is 1. The predicted molar refractivity (Wildman–Crippen MR) is 93.5 cm³/mol. The third-order valence-corrected chi connectivity index (χ3v) is 4.45. The van der Waals surface area contributed by atoms with Gasteiger partial charge in [-0.3, -0.25) is 0 Å². The number of ether oxygens (including phenoxy) is 1. The molecule has 0 amide bonds. The molecule has 1 aromatic heterocycles. The molecule has 24 heavy (non-hydrogen) atoms. The van der Waals surface area contributed by atoms with Gasteiger partial charge in [-0.15, -0.1) is 0 Å². The molecule has 3 aromatic rings. The van der Waals surface area contributed by atoms with Crippen LogP contribution in [0.25, 0.3) is 22.6 Å². The SMILES string of the molecule is CO[C@H]1CN[C@@H](c2nc(-c3ccccc3)c(-c3ccccc3)o2)C1. The van der Waals surface area contributed by atoms with Crippen molar-refractivity contribution in [3.63, 3.8) is 0 Å². The van der Waals surface area contributed by atoms with Gasteiger partial charge < -0.3 is 14.5 Å². The first-order chi connectivity index (χ1) is 11.8. The van der Waals surface area contributed by atoms with Gasteiger partial charge in [0.05, 0.1) is 12.1 Å². The van der Waals surface area contributed by atoms with Crippen LogP contribution in [-0.4, -0.2) is 24.7 Å². The number of benzene rings is 2.